The highest BCUT2D eigenvalue weighted by Gasteiger charge is 2.18. The molecule has 0 aliphatic rings. The van der Waals surface area contributed by atoms with E-state index in [-0.39, 0.29) is 11.9 Å². The van der Waals surface area contributed by atoms with Crippen LogP contribution in [0.1, 0.15) is 22.9 Å². The van der Waals surface area contributed by atoms with Crippen molar-refractivity contribution in [3.05, 3.63) is 53.2 Å². The van der Waals surface area contributed by atoms with Gasteiger partial charge in [0.25, 0.3) is 0 Å². The molecule has 2 rings (SSSR count). The number of furan rings is 1. The highest BCUT2D eigenvalue weighted by atomic mass is 19.1. The molecule has 0 aliphatic carbocycles. The van der Waals surface area contributed by atoms with Crippen LogP contribution >= 0.6 is 0 Å². The number of methoxy groups -OCH3 is 1. The summed E-state index contributed by atoms with van der Waals surface area (Å²) in [7, 11) is 3.31. The molecule has 96 valence electrons. The van der Waals surface area contributed by atoms with E-state index in [1.165, 1.54) is 13.2 Å². The second kappa shape index (κ2) is 5.23. The number of ether oxygens (including phenoxy) is 1. The zero-order chi connectivity index (χ0) is 13.1. The summed E-state index contributed by atoms with van der Waals surface area (Å²) < 4.78 is 24.3. The van der Waals surface area contributed by atoms with Crippen LogP contribution in [0.4, 0.5) is 4.39 Å². The van der Waals surface area contributed by atoms with Crippen LogP contribution in [0.2, 0.25) is 0 Å². The number of halogens is 1. The Morgan fingerprint density at radius 2 is 2.11 bits per heavy atom. The molecule has 0 fully saturated rings. The lowest BCUT2D eigenvalue weighted by Gasteiger charge is -2.16. The van der Waals surface area contributed by atoms with Crippen LogP contribution in [0.15, 0.2) is 34.9 Å². The minimum Gasteiger partial charge on any atom is -0.497 e. The maximum atomic E-state index is 14.0. The number of aryl methyl sites for hydroxylation is 1. The van der Waals surface area contributed by atoms with Gasteiger partial charge in [-0.15, -0.1) is 0 Å². The van der Waals surface area contributed by atoms with Gasteiger partial charge in [-0.25, -0.2) is 4.39 Å². The summed E-state index contributed by atoms with van der Waals surface area (Å²) in [6.45, 7) is 1.86. The zero-order valence-electron chi connectivity index (χ0n) is 10.7. The van der Waals surface area contributed by atoms with Crippen molar-refractivity contribution in [2.45, 2.75) is 13.0 Å². The second-order valence-corrected chi connectivity index (χ2v) is 4.10. The summed E-state index contributed by atoms with van der Waals surface area (Å²) in [5.74, 6) is 1.02. The van der Waals surface area contributed by atoms with Crippen LogP contribution in [0.3, 0.4) is 0 Å². The molecule has 0 spiro atoms. The summed E-state index contributed by atoms with van der Waals surface area (Å²) in [6, 6.07) is 6.51. The van der Waals surface area contributed by atoms with E-state index in [1.807, 2.05) is 13.0 Å². The molecule has 1 N–H and O–H groups in total. The molecular weight excluding hydrogens is 233 g/mol. The average molecular weight is 249 g/mol. The first-order valence-electron chi connectivity index (χ1n) is 5.71. The van der Waals surface area contributed by atoms with Crippen LogP contribution in [0, 0.1) is 12.7 Å². The third-order valence-corrected chi connectivity index (χ3v) is 2.89. The quantitative estimate of drug-likeness (QED) is 0.904. The van der Waals surface area contributed by atoms with Gasteiger partial charge >= 0.3 is 0 Å². The molecule has 0 amide bonds. The van der Waals surface area contributed by atoms with E-state index < -0.39 is 0 Å². The summed E-state index contributed by atoms with van der Waals surface area (Å²) >= 11 is 0. The Morgan fingerprint density at radius 1 is 1.33 bits per heavy atom. The van der Waals surface area contributed by atoms with Crippen LogP contribution in [0.5, 0.6) is 5.75 Å². The van der Waals surface area contributed by atoms with Gasteiger partial charge in [0.15, 0.2) is 0 Å². The van der Waals surface area contributed by atoms with E-state index in [1.54, 1.807) is 25.4 Å². The molecule has 1 unspecified atom stereocenters. The monoisotopic (exact) mass is 249 g/mol. The summed E-state index contributed by atoms with van der Waals surface area (Å²) in [5, 5.41) is 3.09. The van der Waals surface area contributed by atoms with E-state index >= 15 is 0 Å². The van der Waals surface area contributed by atoms with Crippen molar-refractivity contribution in [2.75, 3.05) is 14.2 Å². The van der Waals surface area contributed by atoms with Gasteiger partial charge in [0, 0.05) is 17.2 Å². The lowest BCUT2D eigenvalue weighted by molar-refractivity contribution is 0.410. The molecule has 0 bridgehead atoms. The van der Waals surface area contributed by atoms with E-state index in [0.717, 1.165) is 11.3 Å². The molecule has 0 saturated carbocycles. The Bertz CT molecular complexity index is 536. The van der Waals surface area contributed by atoms with E-state index in [0.29, 0.717) is 11.3 Å². The van der Waals surface area contributed by atoms with E-state index in [4.69, 9.17) is 9.15 Å². The molecule has 2 aromatic rings. The van der Waals surface area contributed by atoms with E-state index in [2.05, 4.69) is 5.32 Å². The topological polar surface area (TPSA) is 34.4 Å². The fourth-order valence-corrected chi connectivity index (χ4v) is 1.99. The van der Waals surface area contributed by atoms with Crippen LogP contribution in [0.25, 0.3) is 0 Å². The van der Waals surface area contributed by atoms with Crippen LogP contribution < -0.4 is 10.1 Å². The Balaban J connectivity index is 2.39. The molecule has 1 heterocycles. The average Bonchev–Trinajstić information content (AvgIpc) is 2.78. The standard InChI is InChI=1S/C14H16FNO2/c1-9-6-10(8-18-9)14(16-2)12-5-4-11(17-3)7-13(12)15/h4-8,14,16H,1-3H3. The predicted molar refractivity (Wildman–Crippen MR) is 67.3 cm³/mol. The third kappa shape index (κ3) is 2.38. The van der Waals surface area contributed by atoms with Crippen molar-refractivity contribution in [1.82, 2.24) is 5.32 Å². The smallest absolute Gasteiger partial charge is 0.132 e. The lowest BCUT2D eigenvalue weighted by Crippen LogP contribution is -2.18. The number of hydrogen-bond acceptors (Lipinski definition) is 3. The molecule has 4 heteroatoms. The normalized spacial score (nSPS) is 12.4. The summed E-state index contributed by atoms with van der Waals surface area (Å²) in [4.78, 5) is 0. The summed E-state index contributed by atoms with van der Waals surface area (Å²) in [5.41, 5.74) is 1.47. The van der Waals surface area contributed by atoms with Gasteiger partial charge < -0.3 is 14.5 Å². The van der Waals surface area contributed by atoms with Gasteiger partial charge in [-0.1, -0.05) is 6.07 Å². The van der Waals surface area contributed by atoms with Crippen LogP contribution in [-0.4, -0.2) is 14.2 Å². The van der Waals surface area contributed by atoms with Crippen molar-refractivity contribution in [3.63, 3.8) is 0 Å². The minimum absolute atomic E-state index is 0.228. The largest absolute Gasteiger partial charge is 0.497 e. The van der Waals surface area contributed by atoms with Crippen molar-refractivity contribution in [2.24, 2.45) is 0 Å². The fraction of sp³-hybridized carbons (Fsp3) is 0.286. The number of benzene rings is 1. The predicted octanol–water partition coefficient (Wildman–Crippen LogP) is 3.04. The zero-order valence-corrected chi connectivity index (χ0v) is 10.7. The lowest BCUT2D eigenvalue weighted by atomic mass is 10.0. The van der Waals surface area contributed by atoms with Crippen molar-refractivity contribution in [3.8, 4) is 5.75 Å². The SMILES string of the molecule is CNC(c1coc(C)c1)c1ccc(OC)cc1F. The molecular formula is C14H16FNO2. The molecule has 1 aromatic carbocycles. The van der Waals surface area contributed by atoms with E-state index in [9.17, 15) is 4.39 Å². The molecule has 1 atom stereocenters. The fourth-order valence-electron chi connectivity index (χ4n) is 1.99. The maximum absolute atomic E-state index is 14.0. The van der Waals surface area contributed by atoms with Gasteiger partial charge in [-0.3, -0.25) is 0 Å². The molecule has 1 aromatic heterocycles. The first-order chi connectivity index (χ1) is 8.65. The molecule has 18 heavy (non-hydrogen) atoms. The maximum Gasteiger partial charge on any atom is 0.132 e. The molecule has 0 saturated heterocycles. The van der Waals surface area contributed by atoms with Crippen molar-refractivity contribution in [1.29, 1.82) is 0 Å². The Kier molecular flexibility index (Phi) is 3.67. The first-order valence-corrected chi connectivity index (χ1v) is 5.71. The summed E-state index contributed by atoms with van der Waals surface area (Å²) in [6.07, 6.45) is 1.64. The highest BCUT2D eigenvalue weighted by Crippen LogP contribution is 2.27. The van der Waals surface area contributed by atoms with Gasteiger partial charge in [-0.05, 0) is 26.1 Å². The Labute approximate surface area is 106 Å². The molecule has 0 radical (unpaired) electrons. The number of hydrogen-bond donors (Lipinski definition) is 1. The van der Waals surface area contributed by atoms with Crippen molar-refractivity contribution < 1.29 is 13.5 Å². The van der Waals surface area contributed by atoms with Gasteiger partial charge in [0.1, 0.15) is 17.3 Å². The van der Waals surface area contributed by atoms with Gasteiger partial charge in [0.2, 0.25) is 0 Å². The number of rotatable bonds is 4. The minimum atomic E-state index is -0.299. The number of nitrogens with one attached hydrogen (secondary N) is 1. The highest BCUT2D eigenvalue weighted by molar-refractivity contribution is 5.36. The third-order valence-electron chi connectivity index (χ3n) is 2.89. The Hall–Kier alpha value is -1.81. The second-order valence-electron chi connectivity index (χ2n) is 4.10. The van der Waals surface area contributed by atoms with Gasteiger partial charge in [-0.2, -0.15) is 0 Å². The first kappa shape index (κ1) is 12.6. The van der Waals surface area contributed by atoms with Gasteiger partial charge in [0.05, 0.1) is 19.4 Å². The van der Waals surface area contributed by atoms with Crippen LogP contribution in [-0.2, 0) is 0 Å². The van der Waals surface area contributed by atoms with Crippen molar-refractivity contribution >= 4 is 0 Å². The molecule has 0 aliphatic heterocycles. The Morgan fingerprint density at radius 3 is 2.61 bits per heavy atom. The molecule has 3 nitrogen and oxygen atoms in total.